The molecule has 0 aliphatic rings. The highest BCUT2D eigenvalue weighted by atomic mass is 16.5. The standard InChI is InChI=1S/C15H19N3O2/c1-5-20-15(19)12-9-17-18(14(12)10(2)3)13-8-11(4)6-7-16-13/h6-10H,5H2,1-4H3. The van der Waals surface area contributed by atoms with E-state index < -0.39 is 0 Å². The summed E-state index contributed by atoms with van der Waals surface area (Å²) in [5, 5.41) is 4.31. The van der Waals surface area contributed by atoms with E-state index in [1.807, 2.05) is 32.9 Å². The van der Waals surface area contributed by atoms with Crippen molar-refractivity contribution < 1.29 is 9.53 Å². The van der Waals surface area contributed by atoms with Crippen molar-refractivity contribution >= 4 is 5.97 Å². The fourth-order valence-corrected chi connectivity index (χ4v) is 2.10. The van der Waals surface area contributed by atoms with Gasteiger partial charge in [-0.3, -0.25) is 0 Å². The lowest BCUT2D eigenvalue weighted by Gasteiger charge is -2.12. The van der Waals surface area contributed by atoms with Crippen LogP contribution in [0.3, 0.4) is 0 Å². The third kappa shape index (κ3) is 2.71. The smallest absolute Gasteiger partial charge is 0.341 e. The Hall–Kier alpha value is -2.17. The quantitative estimate of drug-likeness (QED) is 0.804. The van der Waals surface area contributed by atoms with Crippen LogP contribution in [0.15, 0.2) is 24.5 Å². The highest BCUT2D eigenvalue weighted by Crippen LogP contribution is 2.23. The summed E-state index contributed by atoms with van der Waals surface area (Å²) in [5.74, 6) is 0.513. The van der Waals surface area contributed by atoms with Gasteiger partial charge in [-0.05, 0) is 37.5 Å². The molecular formula is C15H19N3O2. The van der Waals surface area contributed by atoms with Crippen molar-refractivity contribution in [2.75, 3.05) is 6.61 Å². The largest absolute Gasteiger partial charge is 0.462 e. The SMILES string of the molecule is CCOC(=O)c1cnn(-c2cc(C)ccn2)c1C(C)C. The average Bonchev–Trinajstić information content (AvgIpc) is 2.83. The van der Waals surface area contributed by atoms with Crippen molar-refractivity contribution in [3.63, 3.8) is 0 Å². The van der Waals surface area contributed by atoms with E-state index in [0.29, 0.717) is 18.0 Å². The highest BCUT2D eigenvalue weighted by molar-refractivity contribution is 5.90. The van der Waals surface area contributed by atoms with E-state index in [-0.39, 0.29) is 11.9 Å². The van der Waals surface area contributed by atoms with Crippen LogP contribution in [-0.4, -0.2) is 27.3 Å². The summed E-state index contributed by atoms with van der Waals surface area (Å²) in [5.41, 5.74) is 2.42. The number of pyridine rings is 1. The molecule has 2 aromatic heterocycles. The van der Waals surface area contributed by atoms with Crippen LogP contribution in [0.5, 0.6) is 0 Å². The van der Waals surface area contributed by atoms with Crippen LogP contribution in [0.2, 0.25) is 0 Å². The first-order valence-electron chi connectivity index (χ1n) is 6.72. The number of ether oxygens (including phenoxy) is 1. The number of aryl methyl sites for hydroxylation is 1. The van der Waals surface area contributed by atoms with Gasteiger partial charge < -0.3 is 4.74 Å². The molecule has 0 N–H and O–H groups in total. The minimum Gasteiger partial charge on any atom is -0.462 e. The summed E-state index contributed by atoms with van der Waals surface area (Å²) in [4.78, 5) is 16.3. The van der Waals surface area contributed by atoms with Crippen molar-refractivity contribution in [1.29, 1.82) is 0 Å². The molecule has 0 saturated heterocycles. The molecular weight excluding hydrogens is 254 g/mol. The molecule has 0 aliphatic carbocycles. The summed E-state index contributed by atoms with van der Waals surface area (Å²) < 4.78 is 6.79. The molecule has 0 fully saturated rings. The third-order valence-corrected chi connectivity index (χ3v) is 2.97. The maximum Gasteiger partial charge on any atom is 0.341 e. The Morgan fingerprint density at radius 3 is 2.80 bits per heavy atom. The van der Waals surface area contributed by atoms with Crippen molar-refractivity contribution in [2.45, 2.75) is 33.6 Å². The highest BCUT2D eigenvalue weighted by Gasteiger charge is 2.22. The Balaban J connectivity index is 2.52. The zero-order valence-corrected chi connectivity index (χ0v) is 12.3. The second-order valence-electron chi connectivity index (χ2n) is 4.92. The minimum atomic E-state index is -0.338. The Bertz CT molecular complexity index is 617. The van der Waals surface area contributed by atoms with Crippen LogP contribution in [0, 0.1) is 6.92 Å². The molecule has 0 bridgehead atoms. The number of nitrogens with zero attached hydrogens (tertiary/aromatic N) is 3. The fraction of sp³-hybridized carbons (Fsp3) is 0.400. The second kappa shape index (κ2) is 5.86. The number of rotatable bonds is 4. The van der Waals surface area contributed by atoms with Gasteiger partial charge in [0.05, 0.1) is 18.5 Å². The predicted molar refractivity (Wildman–Crippen MR) is 76.1 cm³/mol. The molecule has 2 heterocycles. The van der Waals surface area contributed by atoms with E-state index in [2.05, 4.69) is 10.1 Å². The van der Waals surface area contributed by atoms with E-state index in [1.54, 1.807) is 24.0 Å². The minimum absolute atomic E-state index is 0.138. The van der Waals surface area contributed by atoms with Gasteiger partial charge in [0.1, 0.15) is 5.56 Å². The zero-order valence-electron chi connectivity index (χ0n) is 12.3. The Labute approximate surface area is 118 Å². The Morgan fingerprint density at radius 2 is 2.20 bits per heavy atom. The molecule has 0 atom stereocenters. The number of carbonyl (C=O) groups excluding carboxylic acids is 1. The maximum atomic E-state index is 12.0. The van der Waals surface area contributed by atoms with Crippen LogP contribution < -0.4 is 0 Å². The van der Waals surface area contributed by atoms with Gasteiger partial charge >= 0.3 is 5.97 Å². The maximum absolute atomic E-state index is 12.0. The summed E-state index contributed by atoms with van der Waals surface area (Å²) >= 11 is 0. The van der Waals surface area contributed by atoms with Crippen molar-refractivity contribution in [3.05, 3.63) is 41.3 Å². The van der Waals surface area contributed by atoms with E-state index in [0.717, 1.165) is 11.3 Å². The number of aromatic nitrogens is 3. The van der Waals surface area contributed by atoms with Gasteiger partial charge in [0.15, 0.2) is 5.82 Å². The molecule has 5 heteroatoms. The third-order valence-electron chi connectivity index (χ3n) is 2.97. The zero-order chi connectivity index (χ0) is 14.7. The Morgan fingerprint density at radius 1 is 1.45 bits per heavy atom. The topological polar surface area (TPSA) is 57.0 Å². The molecule has 0 aromatic carbocycles. The van der Waals surface area contributed by atoms with E-state index >= 15 is 0 Å². The molecule has 0 amide bonds. The van der Waals surface area contributed by atoms with Gasteiger partial charge in [-0.2, -0.15) is 5.10 Å². The molecule has 2 aromatic rings. The van der Waals surface area contributed by atoms with Crippen molar-refractivity contribution in [2.24, 2.45) is 0 Å². The van der Waals surface area contributed by atoms with Crippen LogP contribution in [0.25, 0.3) is 5.82 Å². The monoisotopic (exact) mass is 273 g/mol. The summed E-state index contributed by atoms with van der Waals surface area (Å²) in [6.45, 7) is 8.18. The average molecular weight is 273 g/mol. The number of carbonyl (C=O) groups is 1. The van der Waals surface area contributed by atoms with Gasteiger partial charge in [-0.15, -0.1) is 0 Å². The molecule has 0 spiro atoms. The molecule has 20 heavy (non-hydrogen) atoms. The van der Waals surface area contributed by atoms with Crippen LogP contribution in [0.4, 0.5) is 0 Å². The second-order valence-corrected chi connectivity index (χ2v) is 4.92. The first-order chi connectivity index (χ1) is 9.54. The van der Waals surface area contributed by atoms with Crippen LogP contribution in [-0.2, 0) is 4.74 Å². The van der Waals surface area contributed by atoms with Crippen LogP contribution >= 0.6 is 0 Å². The fourth-order valence-electron chi connectivity index (χ4n) is 2.10. The first kappa shape index (κ1) is 14.2. The van der Waals surface area contributed by atoms with Crippen molar-refractivity contribution in [3.8, 4) is 5.82 Å². The van der Waals surface area contributed by atoms with Crippen molar-refractivity contribution in [1.82, 2.24) is 14.8 Å². The summed E-state index contributed by atoms with van der Waals surface area (Å²) in [6.07, 6.45) is 3.29. The lowest BCUT2D eigenvalue weighted by molar-refractivity contribution is 0.0524. The molecule has 2 rings (SSSR count). The number of hydrogen-bond acceptors (Lipinski definition) is 4. The van der Waals surface area contributed by atoms with E-state index in [4.69, 9.17) is 4.74 Å². The number of hydrogen-bond donors (Lipinski definition) is 0. The van der Waals surface area contributed by atoms with E-state index in [1.165, 1.54) is 0 Å². The lowest BCUT2D eigenvalue weighted by atomic mass is 10.1. The van der Waals surface area contributed by atoms with E-state index in [9.17, 15) is 4.79 Å². The predicted octanol–water partition coefficient (Wildman–Crippen LogP) is 2.88. The number of esters is 1. The van der Waals surface area contributed by atoms with Gasteiger partial charge in [0.25, 0.3) is 0 Å². The van der Waals surface area contributed by atoms with Gasteiger partial charge in [0.2, 0.25) is 0 Å². The first-order valence-corrected chi connectivity index (χ1v) is 6.72. The van der Waals surface area contributed by atoms with Crippen LogP contribution in [0.1, 0.15) is 48.3 Å². The van der Waals surface area contributed by atoms with Gasteiger partial charge in [-0.1, -0.05) is 13.8 Å². The molecule has 106 valence electrons. The molecule has 0 saturated carbocycles. The molecule has 0 radical (unpaired) electrons. The normalized spacial score (nSPS) is 10.8. The molecule has 5 nitrogen and oxygen atoms in total. The Kier molecular flexibility index (Phi) is 4.17. The van der Waals surface area contributed by atoms with Gasteiger partial charge in [0, 0.05) is 6.20 Å². The summed E-state index contributed by atoms with van der Waals surface area (Å²) in [6, 6.07) is 3.86. The molecule has 0 aliphatic heterocycles. The molecule has 0 unspecified atom stereocenters. The lowest BCUT2D eigenvalue weighted by Crippen LogP contribution is -2.11. The van der Waals surface area contributed by atoms with Gasteiger partial charge in [-0.25, -0.2) is 14.5 Å². The summed E-state index contributed by atoms with van der Waals surface area (Å²) in [7, 11) is 0.